The number of aliphatic hydroxyl groups excluding tert-OH is 1. The van der Waals surface area contributed by atoms with E-state index in [1.54, 1.807) is 21.7 Å². The summed E-state index contributed by atoms with van der Waals surface area (Å²) < 4.78 is 24.9. The molecule has 4 rings (SSSR count). The lowest BCUT2D eigenvalue weighted by molar-refractivity contribution is 0.00839. The number of aliphatic hydroxyl groups is 1. The Balaban J connectivity index is 1.64. The fraction of sp³-hybridized carbons (Fsp3) is 0.400. The van der Waals surface area contributed by atoms with Gasteiger partial charge in [-0.25, -0.2) is 23.2 Å². The van der Waals surface area contributed by atoms with Crippen molar-refractivity contribution in [2.75, 3.05) is 19.7 Å². The molecule has 2 heterocycles. The van der Waals surface area contributed by atoms with Crippen molar-refractivity contribution in [2.45, 2.75) is 38.0 Å². The summed E-state index contributed by atoms with van der Waals surface area (Å²) >= 11 is 0. The number of primary sulfonamides is 1. The molecule has 0 atom stereocenters. The van der Waals surface area contributed by atoms with Crippen molar-refractivity contribution in [3.8, 4) is 5.69 Å². The molecule has 0 radical (unpaired) electrons. The van der Waals surface area contributed by atoms with Crippen molar-refractivity contribution < 1.29 is 18.3 Å². The van der Waals surface area contributed by atoms with Gasteiger partial charge in [0.25, 0.3) is 5.91 Å². The first-order valence-corrected chi connectivity index (χ1v) is 13.2. The summed E-state index contributed by atoms with van der Waals surface area (Å²) in [4.78, 5) is 19.7. The van der Waals surface area contributed by atoms with Crippen molar-refractivity contribution in [3.63, 3.8) is 0 Å². The number of carbonyl (C=O) groups is 1. The lowest BCUT2D eigenvalue weighted by Gasteiger charge is -2.43. The number of amides is 1. The van der Waals surface area contributed by atoms with E-state index in [1.165, 1.54) is 12.1 Å². The van der Waals surface area contributed by atoms with Gasteiger partial charge in [-0.05, 0) is 54.0 Å². The van der Waals surface area contributed by atoms with Gasteiger partial charge in [-0.15, -0.1) is 5.10 Å². The molecular formula is C25H31N5O4S. The molecule has 1 fully saturated rings. The van der Waals surface area contributed by atoms with Gasteiger partial charge in [0.15, 0.2) is 0 Å². The second-order valence-corrected chi connectivity index (χ2v) is 11.0. The summed E-state index contributed by atoms with van der Waals surface area (Å²) in [5, 5.41) is 19.7. The normalized spacial score (nSPS) is 16.0. The summed E-state index contributed by atoms with van der Waals surface area (Å²) in [6.07, 6.45) is 1.89. The second kappa shape index (κ2) is 9.88. The number of likely N-dealkylation sites (tertiary alicyclic amines) is 1. The number of nitrogens with two attached hydrogens (primary N) is 1. The van der Waals surface area contributed by atoms with Gasteiger partial charge in [-0.3, -0.25) is 4.79 Å². The summed E-state index contributed by atoms with van der Waals surface area (Å²) in [7, 11) is -3.83. The monoisotopic (exact) mass is 497 g/mol. The summed E-state index contributed by atoms with van der Waals surface area (Å²) in [5.41, 5.74) is 1.41. The fourth-order valence-corrected chi connectivity index (χ4v) is 5.04. The number of hydrogen-bond acceptors (Lipinski definition) is 6. The number of sulfonamides is 1. The topological polar surface area (TPSA) is 131 Å². The van der Waals surface area contributed by atoms with E-state index in [9.17, 15) is 18.3 Å². The number of piperidine rings is 1. The maximum absolute atomic E-state index is 13.3. The number of nitrogens with zero attached hydrogens (tertiary/aromatic N) is 4. The van der Waals surface area contributed by atoms with Crippen LogP contribution < -0.4 is 5.14 Å². The quantitative estimate of drug-likeness (QED) is 0.515. The van der Waals surface area contributed by atoms with Crippen molar-refractivity contribution >= 4 is 15.9 Å². The Labute approximate surface area is 205 Å². The highest BCUT2D eigenvalue weighted by molar-refractivity contribution is 7.89. The van der Waals surface area contributed by atoms with Gasteiger partial charge in [0.2, 0.25) is 15.8 Å². The Hall–Kier alpha value is -3.08. The van der Waals surface area contributed by atoms with Gasteiger partial charge in [0, 0.05) is 26.1 Å². The zero-order chi connectivity index (χ0) is 25.2. The first-order valence-electron chi connectivity index (χ1n) is 11.7. The van der Waals surface area contributed by atoms with Crippen LogP contribution in [0.1, 0.15) is 48.7 Å². The average Bonchev–Trinajstić information content (AvgIpc) is 3.27. The van der Waals surface area contributed by atoms with E-state index in [2.05, 4.69) is 23.9 Å². The Kier molecular flexibility index (Phi) is 7.07. The molecule has 3 aromatic rings. The van der Waals surface area contributed by atoms with Gasteiger partial charge < -0.3 is 10.0 Å². The van der Waals surface area contributed by atoms with Crippen molar-refractivity contribution in [3.05, 3.63) is 71.8 Å². The van der Waals surface area contributed by atoms with E-state index in [4.69, 9.17) is 5.14 Å². The molecule has 10 heteroatoms. The number of rotatable bonds is 7. The molecule has 1 aromatic heterocycles. The molecule has 35 heavy (non-hydrogen) atoms. The molecule has 1 amide bonds. The molecule has 0 unspecified atom stereocenters. The lowest BCUT2D eigenvalue weighted by atomic mass is 9.70. The van der Waals surface area contributed by atoms with Crippen LogP contribution in [0.15, 0.2) is 59.5 Å². The van der Waals surface area contributed by atoms with Crippen LogP contribution in [0.25, 0.3) is 5.69 Å². The number of hydrogen-bond donors (Lipinski definition) is 2. The van der Waals surface area contributed by atoms with E-state index in [0.717, 1.165) is 18.4 Å². The van der Waals surface area contributed by atoms with Gasteiger partial charge >= 0.3 is 0 Å². The largest absolute Gasteiger partial charge is 0.396 e. The van der Waals surface area contributed by atoms with Crippen LogP contribution in [-0.4, -0.2) is 58.8 Å². The Morgan fingerprint density at radius 3 is 2.26 bits per heavy atom. The second-order valence-electron chi connectivity index (χ2n) is 9.43. The average molecular weight is 498 g/mol. The highest BCUT2D eigenvalue weighted by atomic mass is 32.2. The molecule has 1 aliphatic heterocycles. The van der Waals surface area contributed by atoms with Crippen molar-refractivity contribution in [1.29, 1.82) is 0 Å². The van der Waals surface area contributed by atoms with E-state index in [-0.39, 0.29) is 28.6 Å². The first-order chi connectivity index (χ1) is 16.6. The molecule has 0 bridgehead atoms. The Morgan fingerprint density at radius 1 is 1.09 bits per heavy atom. The van der Waals surface area contributed by atoms with E-state index >= 15 is 0 Å². The summed E-state index contributed by atoms with van der Waals surface area (Å²) in [6, 6.07) is 15.7. The van der Waals surface area contributed by atoms with E-state index in [0.29, 0.717) is 36.9 Å². The van der Waals surface area contributed by atoms with Gasteiger partial charge in [0.1, 0.15) is 5.82 Å². The van der Waals surface area contributed by atoms with Gasteiger partial charge in [0.05, 0.1) is 10.6 Å². The van der Waals surface area contributed by atoms with Crippen LogP contribution >= 0.6 is 0 Å². The highest BCUT2D eigenvalue weighted by Gasteiger charge is 2.38. The predicted octanol–water partition coefficient (Wildman–Crippen LogP) is 2.38. The smallest absolute Gasteiger partial charge is 0.293 e. The third kappa shape index (κ3) is 5.29. The van der Waals surface area contributed by atoms with Gasteiger partial charge in [-0.2, -0.15) is 0 Å². The predicted molar refractivity (Wildman–Crippen MR) is 131 cm³/mol. The van der Waals surface area contributed by atoms with Crippen LogP contribution in [0, 0.1) is 11.3 Å². The number of benzene rings is 2. The molecule has 3 N–H and O–H groups in total. The molecule has 9 nitrogen and oxygen atoms in total. The third-order valence-corrected chi connectivity index (χ3v) is 8.00. The van der Waals surface area contributed by atoms with Crippen LogP contribution in [-0.2, 0) is 16.4 Å². The molecule has 0 spiro atoms. The summed E-state index contributed by atoms with van der Waals surface area (Å²) in [6.45, 7) is 5.38. The molecule has 186 valence electrons. The Morgan fingerprint density at radius 2 is 1.71 bits per heavy atom. The van der Waals surface area contributed by atoms with Crippen molar-refractivity contribution in [2.24, 2.45) is 16.5 Å². The SMILES string of the molecule is CC(C)C1(CO)CCN(C(=O)c2nc(Cc3ccccc3)n(-c3ccc(S(N)(=O)=O)cc3)n2)CC1. The van der Waals surface area contributed by atoms with Gasteiger partial charge in [-0.1, -0.05) is 44.2 Å². The van der Waals surface area contributed by atoms with Crippen molar-refractivity contribution in [1.82, 2.24) is 19.7 Å². The molecule has 0 aliphatic carbocycles. The number of carbonyl (C=O) groups excluding carboxylic acids is 1. The molecule has 0 saturated carbocycles. The minimum absolute atomic E-state index is 0.00638. The minimum Gasteiger partial charge on any atom is -0.396 e. The summed E-state index contributed by atoms with van der Waals surface area (Å²) in [5.74, 6) is 0.716. The molecule has 1 saturated heterocycles. The molecule has 2 aromatic carbocycles. The molecule has 1 aliphatic rings. The maximum atomic E-state index is 13.3. The zero-order valence-corrected chi connectivity index (χ0v) is 20.8. The van der Waals surface area contributed by atoms with E-state index in [1.807, 2.05) is 30.3 Å². The van der Waals surface area contributed by atoms with Crippen LogP contribution in [0.4, 0.5) is 0 Å². The maximum Gasteiger partial charge on any atom is 0.293 e. The highest BCUT2D eigenvalue weighted by Crippen LogP contribution is 2.38. The lowest BCUT2D eigenvalue weighted by Crippen LogP contribution is -2.47. The molecular weight excluding hydrogens is 466 g/mol. The number of aromatic nitrogens is 3. The minimum atomic E-state index is -3.83. The standard InChI is InChI=1S/C25H31N5O4S/c1-18(2)25(17-31)12-14-29(15-13-25)24(32)23-27-22(16-19-6-4-3-5-7-19)30(28-23)20-8-10-21(11-9-20)35(26,33)34/h3-11,18,31H,12-17H2,1-2H3,(H2,26,33,34). The zero-order valence-electron chi connectivity index (χ0n) is 20.0. The van der Waals surface area contributed by atoms with Crippen LogP contribution in [0.2, 0.25) is 0 Å². The van der Waals surface area contributed by atoms with Crippen LogP contribution in [0.5, 0.6) is 0 Å². The van der Waals surface area contributed by atoms with Crippen LogP contribution in [0.3, 0.4) is 0 Å². The van der Waals surface area contributed by atoms with E-state index < -0.39 is 10.0 Å². The first kappa shape index (κ1) is 25.0. The third-order valence-electron chi connectivity index (χ3n) is 7.07. The fourth-order valence-electron chi connectivity index (χ4n) is 4.53. The Bertz CT molecular complexity index is 1280.